The fourth-order valence-electron chi connectivity index (χ4n) is 2.25. The van der Waals surface area contributed by atoms with Crippen molar-refractivity contribution in [2.45, 2.75) is 25.8 Å². The molecule has 0 radical (unpaired) electrons. The van der Waals surface area contributed by atoms with Crippen LogP contribution in [0, 0.1) is 5.82 Å². The van der Waals surface area contributed by atoms with Gasteiger partial charge in [-0.05, 0) is 43.2 Å². The number of aryl methyl sites for hydroxylation is 1. The molecule has 0 heterocycles. The van der Waals surface area contributed by atoms with Crippen LogP contribution in [0.2, 0.25) is 0 Å². The Kier molecular flexibility index (Phi) is 6.61. The third kappa shape index (κ3) is 5.57. The number of hydrogen-bond donors (Lipinski definition) is 1. The number of benzene rings is 2. The first-order valence-electron chi connectivity index (χ1n) is 7.88. The SMILES string of the molecule is COc1ccccc1OCC(C)NC(=O)CCc1ccc(F)cc1. The lowest BCUT2D eigenvalue weighted by Gasteiger charge is -2.16. The summed E-state index contributed by atoms with van der Waals surface area (Å²) in [6.45, 7) is 2.23. The number of halogens is 1. The van der Waals surface area contributed by atoms with E-state index >= 15 is 0 Å². The molecule has 24 heavy (non-hydrogen) atoms. The lowest BCUT2D eigenvalue weighted by atomic mass is 10.1. The highest BCUT2D eigenvalue weighted by Gasteiger charge is 2.10. The topological polar surface area (TPSA) is 47.6 Å². The molecule has 5 heteroatoms. The van der Waals surface area contributed by atoms with Gasteiger partial charge in [-0.2, -0.15) is 0 Å². The molecule has 0 saturated heterocycles. The lowest BCUT2D eigenvalue weighted by Crippen LogP contribution is -2.36. The zero-order valence-electron chi connectivity index (χ0n) is 13.9. The van der Waals surface area contributed by atoms with Crippen LogP contribution in [0.3, 0.4) is 0 Å². The number of carbonyl (C=O) groups is 1. The standard InChI is InChI=1S/C19H22FNO3/c1-14(13-24-18-6-4-3-5-17(18)23-2)21-19(22)12-9-15-7-10-16(20)11-8-15/h3-8,10-11,14H,9,12-13H2,1-2H3,(H,21,22). The Bertz CT molecular complexity index is 658. The Labute approximate surface area is 141 Å². The van der Waals surface area contributed by atoms with Gasteiger partial charge >= 0.3 is 0 Å². The van der Waals surface area contributed by atoms with E-state index < -0.39 is 0 Å². The highest BCUT2D eigenvalue weighted by atomic mass is 19.1. The molecule has 2 aromatic carbocycles. The van der Waals surface area contributed by atoms with Gasteiger partial charge in [0.15, 0.2) is 11.5 Å². The van der Waals surface area contributed by atoms with Gasteiger partial charge in [-0.1, -0.05) is 24.3 Å². The molecule has 0 saturated carbocycles. The first-order valence-corrected chi connectivity index (χ1v) is 7.88. The number of carbonyl (C=O) groups excluding carboxylic acids is 1. The van der Waals surface area contributed by atoms with E-state index in [4.69, 9.17) is 9.47 Å². The van der Waals surface area contributed by atoms with Crippen LogP contribution in [0.5, 0.6) is 11.5 Å². The maximum Gasteiger partial charge on any atom is 0.220 e. The predicted octanol–water partition coefficient (Wildman–Crippen LogP) is 3.35. The molecule has 128 valence electrons. The van der Waals surface area contributed by atoms with Gasteiger partial charge in [-0.25, -0.2) is 4.39 Å². The summed E-state index contributed by atoms with van der Waals surface area (Å²) in [6, 6.07) is 13.4. The molecule has 1 amide bonds. The Morgan fingerprint density at radius 3 is 2.46 bits per heavy atom. The Hall–Kier alpha value is -2.56. The number of rotatable bonds is 8. The van der Waals surface area contributed by atoms with Crippen molar-refractivity contribution < 1.29 is 18.7 Å². The van der Waals surface area contributed by atoms with Crippen molar-refractivity contribution in [3.63, 3.8) is 0 Å². The molecule has 0 spiro atoms. The molecule has 4 nitrogen and oxygen atoms in total. The number of nitrogens with one attached hydrogen (secondary N) is 1. The monoisotopic (exact) mass is 331 g/mol. The van der Waals surface area contributed by atoms with Crippen molar-refractivity contribution in [3.8, 4) is 11.5 Å². The molecule has 0 aromatic heterocycles. The van der Waals surface area contributed by atoms with E-state index in [-0.39, 0.29) is 17.8 Å². The first-order chi connectivity index (χ1) is 11.6. The van der Waals surface area contributed by atoms with Crippen LogP contribution in [0.4, 0.5) is 4.39 Å². The van der Waals surface area contributed by atoms with Gasteiger partial charge in [0.05, 0.1) is 13.2 Å². The number of ether oxygens (including phenoxy) is 2. The number of hydrogen-bond acceptors (Lipinski definition) is 3. The Morgan fingerprint density at radius 2 is 1.79 bits per heavy atom. The van der Waals surface area contributed by atoms with E-state index in [1.165, 1.54) is 12.1 Å². The Balaban J connectivity index is 1.74. The number of para-hydroxylation sites is 2. The second-order valence-corrected chi connectivity index (χ2v) is 5.56. The largest absolute Gasteiger partial charge is 0.493 e. The van der Waals surface area contributed by atoms with Crippen LogP contribution < -0.4 is 14.8 Å². The quantitative estimate of drug-likeness (QED) is 0.807. The second-order valence-electron chi connectivity index (χ2n) is 5.56. The third-order valence-electron chi connectivity index (χ3n) is 3.52. The minimum Gasteiger partial charge on any atom is -0.493 e. The van der Waals surface area contributed by atoms with Crippen LogP contribution >= 0.6 is 0 Å². The summed E-state index contributed by atoms with van der Waals surface area (Å²) in [7, 11) is 1.59. The normalized spacial score (nSPS) is 11.6. The van der Waals surface area contributed by atoms with Crippen molar-refractivity contribution in [2.24, 2.45) is 0 Å². The van der Waals surface area contributed by atoms with Gasteiger partial charge in [-0.15, -0.1) is 0 Å². The van der Waals surface area contributed by atoms with Crippen molar-refractivity contribution in [3.05, 3.63) is 59.9 Å². The van der Waals surface area contributed by atoms with Crippen LogP contribution in [-0.2, 0) is 11.2 Å². The van der Waals surface area contributed by atoms with Gasteiger partial charge in [-0.3, -0.25) is 4.79 Å². The fraction of sp³-hybridized carbons (Fsp3) is 0.316. The highest BCUT2D eigenvalue weighted by Crippen LogP contribution is 2.25. The van der Waals surface area contributed by atoms with Gasteiger partial charge in [0.25, 0.3) is 0 Å². The average Bonchev–Trinajstić information content (AvgIpc) is 2.59. The number of amides is 1. The van der Waals surface area contributed by atoms with Crippen molar-refractivity contribution >= 4 is 5.91 Å². The molecule has 2 aromatic rings. The molecular formula is C19H22FNO3. The Morgan fingerprint density at radius 1 is 1.12 bits per heavy atom. The summed E-state index contributed by atoms with van der Waals surface area (Å²) in [6.07, 6.45) is 0.927. The third-order valence-corrected chi connectivity index (χ3v) is 3.52. The summed E-state index contributed by atoms with van der Waals surface area (Å²) in [4.78, 5) is 12.0. The summed E-state index contributed by atoms with van der Waals surface area (Å²) < 4.78 is 23.7. The summed E-state index contributed by atoms with van der Waals surface area (Å²) >= 11 is 0. The first kappa shape index (κ1) is 17.8. The van der Waals surface area contributed by atoms with Crippen molar-refractivity contribution in [2.75, 3.05) is 13.7 Å². The molecule has 1 N–H and O–H groups in total. The molecular weight excluding hydrogens is 309 g/mol. The van der Waals surface area contributed by atoms with Crippen LogP contribution in [0.1, 0.15) is 18.9 Å². The summed E-state index contributed by atoms with van der Waals surface area (Å²) in [5, 5.41) is 2.89. The van der Waals surface area contributed by atoms with E-state index in [2.05, 4.69) is 5.32 Å². The maximum absolute atomic E-state index is 12.8. The van der Waals surface area contributed by atoms with Crippen LogP contribution in [-0.4, -0.2) is 25.7 Å². The maximum atomic E-state index is 12.8. The average molecular weight is 331 g/mol. The van der Waals surface area contributed by atoms with Gasteiger partial charge in [0, 0.05) is 6.42 Å². The molecule has 1 unspecified atom stereocenters. The lowest BCUT2D eigenvalue weighted by molar-refractivity contribution is -0.121. The van der Waals surface area contributed by atoms with Crippen molar-refractivity contribution in [1.82, 2.24) is 5.32 Å². The summed E-state index contributed by atoms with van der Waals surface area (Å²) in [5.41, 5.74) is 0.935. The van der Waals surface area contributed by atoms with Crippen LogP contribution in [0.15, 0.2) is 48.5 Å². The molecule has 1 atom stereocenters. The van der Waals surface area contributed by atoms with Gasteiger partial charge < -0.3 is 14.8 Å². The van der Waals surface area contributed by atoms with E-state index in [0.29, 0.717) is 30.9 Å². The van der Waals surface area contributed by atoms with E-state index in [1.807, 2.05) is 31.2 Å². The molecule has 0 aliphatic carbocycles. The van der Waals surface area contributed by atoms with Gasteiger partial charge in [0.1, 0.15) is 12.4 Å². The molecule has 0 aliphatic heterocycles. The number of methoxy groups -OCH3 is 1. The zero-order chi connectivity index (χ0) is 17.4. The zero-order valence-corrected chi connectivity index (χ0v) is 13.9. The molecule has 0 fully saturated rings. The molecule has 2 rings (SSSR count). The van der Waals surface area contributed by atoms with E-state index in [1.54, 1.807) is 19.2 Å². The predicted molar refractivity (Wildman–Crippen MR) is 90.8 cm³/mol. The minimum atomic E-state index is -0.273. The molecule has 0 aliphatic rings. The fourth-order valence-corrected chi connectivity index (χ4v) is 2.25. The van der Waals surface area contributed by atoms with E-state index in [0.717, 1.165) is 5.56 Å². The minimum absolute atomic E-state index is 0.0598. The summed E-state index contributed by atoms with van der Waals surface area (Å²) in [5.74, 6) is 0.973. The van der Waals surface area contributed by atoms with Gasteiger partial charge in [0.2, 0.25) is 5.91 Å². The highest BCUT2D eigenvalue weighted by molar-refractivity contribution is 5.76. The second kappa shape index (κ2) is 8.91. The smallest absolute Gasteiger partial charge is 0.220 e. The van der Waals surface area contributed by atoms with Crippen LogP contribution in [0.25, 0.3) is 0 Å². The molecule has 0 bridgehead atoms. The van der Waals surface area contributed by atoms with E-state index in [9.17, 15) is 9.18 Å². The van der Waals surface area contributed by atoms with Crippen molar-refractivity contribution in [1.29, 1.82) is 0 Å².